The van der Waals surface area contributed by atoms with Crippen molar-refractivity contribution in [3.05, 3.63) is 158 Å². The third kappa shape index (κ3) is 95.7. The third-order valence-electron chi connectivity index (χ3n) is 20.7. The van der Waals surface area contributed by atoms with Crippen molar-refractivity contribution in [2.75, 3.05) is 39.6 Å². The summed E-state index contributed by atoms with van der Waals surface area (Å²) >= 11 is 0. The van der Waals surface area contributed by atoms with E-state index in [1.54, 1.807) is 0 Å². The molecule has 0 rings (SSSR count). The molecular formula is C103H178O16P2. The molecule has 0 aliphatic rings. The molecule has 18 heteroatoms. The van der Waals surface area contributed by atoms with Crippen LogP contribution in [0, 0.1) is 0 Å². The summed E-state index contributed by atoms with van der Waals surface area (Å²) in [5.74, 6) is -1.58. The van der Waals surface area contributed by atoms with Crippen LogP contribution in [0.25, 0.3) is 0 Å². The molecule has 0 aromatic carbocycles. The summed E-state index contributed by atoms with van der Waals surface area (Å²) < 4.78 is 61.6. The maximum absolute atomic E-state index is 13.1. The van der Waals surface area contributed by atoms with Crippen molar-refractivity contribution in [2.24, 2.45) is 0 Å². The number of phosphoric ester groups is 2. The highest BCUT2D eigenvalue weighted by atomic mass is 31.2. The number of aliphatic hydroxyl groups is 2. The van der Waals surface area contributed by atoms with E-state index in [9.17, 15) is 43.5 Å². The topological polar surface area (TPSA) is 231 Å². The van der Waals surface area contributed by atoms with Gasteiger partial charge in [-0.3, -0.25) is 32.5 Å². The zero-order valence-electron chi connectivity index (χ0n) is 76.9. The van der Waals surface area contributed by atoms with Crippen LogP contribution in [0.15, 0.2) is 158 Å². The number of hydrogen-bond donors (Lipinski definition) is 4. The first kappa shape index (κ1) is 116. The Kier molecular flexibility index (Phi) is 90.5. The fraction of sp³-hybridized carbons (Fsp3) is 0.718. The van der Waals surface area contributed by atoms with Gasteiger partial charge in [-0.15, -0.1) is 0 Å². The van der Waals surface area contributed by atoms with Gasteiger partial charge >= 0.3 is 33.6 Å². The van der Waals surface area contributed by atoms with E-state index in [0.29, 0.717) is 19.3 Å². The minimum Gasteiger partial charge on any atom is -0.463 e. The molecule has 0 amide bonds. The van der Waals surface area contributed by atoms with Crippen molar-refractivity contribution in [2.45, 2.75) is 437 Å². The number of esters is 3. The summed E-state index contributed by atoms with van der Waals surface area (Å²) in [6.45, 7) is 2.55. The minimum absolute atomic E-state index is 0.0813. The standard InChI is InChI=1S/C103H178O16P2/c1-4-7-10-13-16-19-22-25-28-31-34-37-39-41-43-45-47-48-50-52-53-55-57-60-62-65-68-71-74-77-80-83-86-89-101(106)113-92-98(104)93-115-120(109,110)116-94-99(105)95-117-121(111,112)118-97-100(119-103(108)91-88-85-82-79-76-73-70-67-64-59-36-33-30-27-24-21-18-15-12-9-6-3)96-114-102(107)90-87-84-81-78-75-72-69-66-63-61-58-56-54-51-49-46-44-42-40-38-35-32-29-26-23-20-17-14-11-8-5-2/h8,11,16-21,25-30,34-38,41-44,59,67,70,98-100,104-105H,4-7,9-10,12-15,22-24,31-33,39-40,45-58,60-66,68-69,71-97H2,1-3H3,(H,109,110)(H,111,112)/b11-8-,19-16-,20-17-,21-18-,28-25-,29-26-,30-27-,37-34-,38-35-,43-41-,44-42-,59-36-,70-67-. The van der Waals surface area contributed by atoms with E-state index in [0.717, 1.165) is 148 Å². The highest BCUT2D eigenvalue weighted by Gasteiger charge is 2.30. The Balaban J connectivity index is 4.56. The van der Waals surface area contributed by atoms with Crippen LogP contribution in [-0.4, -0.2) is 95.9 Å². The van der Waals surface area contributed by atoms with E-state index < -0.39 is 91.5 Å². The lowest BCUT2D eigenvalue weighted by molar-refractivity contribution is -0.161. The fourth-order valence-corrected chi connectivity index (χ4v) is 14.9. The first-order valence-corrected chi connectivity index (χ1v) is 51.8. The van der Waals surface area contributed by atoms with Crippen LogP contribution in [-0.2, 0) is 55.8 Å². The van der Waals surface area contributed by atoms with Crippen LogP contribution in [0.4, 0.5) is 0 Å². The van der Waals surface area contributed by atoms with Crippen molar-refractivity contribution in [1.82, 2.24) is 0 Å². The van der Waals surface area contributed by atoms with Crippen molar-refractivity contribution in [3.8, 4) is 0 Å². The summed E-state index contributed by atoms with van der Waals surface area (Å²) in [6, 6.07) is 0. The highest BCUT2D eigenvalue weighted by molar-refractivity contribution is 7.47. The van der Waals surface area contributed by atoms with Gasteiger partial charge in [0, 0.05) is 19.3 Å². The summed E-state index contributed by atoms with van der Waals surface area (Å²) in [7, 11) is -9.82. The van der Waals surface area contributed by atoms with E-state index in [1.165, 1.54) is 212 Å². The van der Waals surface area contributed by atoms with E-state index >= 15 is 0 Å². The number of carbonyl (C=O) groups is 3. The Labute approximate surface area is 740 Å². The van der Waals surface area contributed by atoms with Gasteiger partial charge in [-0.2, -0.15) is 0 Å². The van der Waals surface area contributed by atoms with Crippen LogP contribution in [0.3, 0.4) is 0 Å². The van der Waals surface area contributed by atoms with Gasteiger partial charge in [-0.1, -0.05) is 403 Å². The molecule has 0 aliphatic heterocycles. The fourth-order valence-electron chi connectivity index (χ4n) is 13.3. The molecule has 5 atom stereocenters. The summed E-state index contributed by atoms with van der Waals surface area (Å²) in [4.78, 5) is 59.1. The van der Waals surface area contributed by atoms with E-state index in [4.69, 9.17) is 32.3 Å². The number of carbonyl (C=O) groups excluding carboxylic acids is 3. The molecule has 0 spiro atoms. The van der Waals surface area contributed by atoms with Gasteiger partial charge in [0.1, 0.15) is 25.4 Å². The van der Waals surface area contributed by atoms with Crippen LogP contribution in [0.5, 0.6) is 0 Å². The summed E-state index contributed by atoms with van der Waals surface area (Å²) in [5, 5.41) is 20.8. The average molecular weight is 1730 g/mol. The van der Waals surface area contributed by atoms with Gasteiger partial charge in [-0.25, -0.2) is 9.13 Å². The number of aliphatic hydroxyl groups excluding tert-OH is 2. The quantitative estimate of drug-likeness (QED) is 0.0146. The van der Waals surface area contributed by atoms with Crippen molar-refractivity contribution < 1.29 is 75.8 Å². The number of phosphoric acid groups is 2. The van der Waals surface area contributed by atoms with Crippen LogP contribution in [0.2, 0.25) is 0 Å². The predicted molar refractivity (Wildman–Crippen MR) is 509 cm³/mol. The smallest absolute Gasteiger partial charge is 0.463 e. The lowest BCUT2D eigenvalue weighted by Gasteiger charge is -2.21. The number of ether oxygens (including phenoxy) is 3. The van der Waals surface area contributed by atoms with Crippen LogP contribution < -0.4 is 0 Å². The lowest BCUT2D eigenvalue weighted by Crippen LogP contribution is -2.30. The second kappa shape index (κ2) is 94.3. The van der Waals surface area contributed by atoms with Crippen LogP contribution >= 0.6 is 15.6 Å². The Morgan fingerprint density at radius 2 is 0.438 bits per heavy atom. The lowest BCUT2D eigenvalue weighted by atomic mass is 10.0. The van der Waals surface area contributed by atoms with Crippen molar-refractivity contribution in [3.63, 3.8) is 0 Å². The first-order valence-electron chi connectivity index (χ1n) is 48.8. The molecule has 16 nitrogen and oxygen atoms in total. The van der Waals surface area contributed by atoms with Gasteiger partial charge in [0.25, 0.3) is 0 Å². The molecule has 121 heavy (non-hydrogen) atoms. The monoisotopic (exact) mass is 1730 g/mol. The first-order chi connectivity index (χ1) is 59.2. The Hall–Kier alpha value is -4.83. The molecule has 0 aliphatic carbocycles. The molecule has 0 saturated heterocycles. The van der Waals surface area contributed by atoms with Crippen molar-refractivity contribution >= 4 is 33.6 Å². The largest absolute Gasteiger partial charge is 0.472 e. The molecule has 696 valence electrons. The van der Waals surface area contributed by atoms with Crippen LogP contribution in [0.1, 0.15) is 419 Å². The molecule has 0 saturated carbocycles. The van der Waals surface area contributed by atoms with E-state index in [2.05, 4.69) is 179 Å². The zero-order valence-corrected chi connectivity index (χ0v) is 78.7. The Bertz CT molecular complexity index is 2830. The molecule has 0 fully saturated rings. The summed E-state index contributed by atoms with van der Waals surface area (Å²) in [6.07, 6.45) is 122. The van der Waals surface area contributed by atoms with Crippen molar-refractivity contribution in [1.29, 1.82) is 0 Å². The van der Waals surface area contributed by atoms with E-state index in [1.807, 2.05) is 0 Å². The normalized spacial score (nSPS) is 14.4. The number of rotatable bonds is 92. The SMILES string of the molecule is CC/C=C\C/C=C\C/C=C\C/C=C\C/C=C\CCCCCCCCCCCCCCCCCC(=O)OCC(COP(=O)(O)OCC(O)COP(=O)(O)OCC(O)COC(=O)CCCCCCCCCCCCCCCCCCC/C=C\C/C=C\C/C=C\C/C=C\CCCCC)OC(=O)CCCCCCC/C=C\C/C=C\C/C=C\C/C=C\CCCCC. The molecule has 0 aromatic rings. The molecule has 0 radical (unpaired) electrons. The van der Waals surface area contributed by atoms with Gasteiger partial charge < -0.3 is 34.2 Å². The molecular weight excluding hydrogens is 1560 g/mol. The second-order valence-corrected chi connectivity index (χ2v) is 35.4. The third-order valence-corrected chi connectivity index (χ3v) is 22.6. The maximum atomic E-state index is 13.1. The molecule has 0 aromatic heterocycles. The highest BCUT2D eigenvalue weighted by Crippen LogP contribution is 2.45. The van der Waals surface area contributed by atoms with E-state index in [-0.39, 0.29) is 19.3 Å². The molecule has 4 N–H and O–H groups in total. The second-order valence-electron chi connectivity index (χ2n) is 32.5. The number of allylic oxidation sites excluding steroid dienone is 26. The molecule has 0 bridgehead atoms. The minimum atomic E-state index is -4.95. The maximum Gasteiger partial charge on any atom is 0.472 e. The Morgan fingerprint density at radius 3 is 0.694 bits per heavy atom. The van der Waals surface area contributed by atoms with Gasteiger partial charge in [0.2, 0.25) is 0 Å². The summed E-state index contributed by atoms with van der Waals surface area (Å²) in [5.41, 5.74) is 0. The molecule has 5 unspecified atom stereocenters. The van der Waals surface area contributed by atoms with Gasteiger partial charge in [-0.05, 0) is 154 Å². The van der Waals surface area contributed by atoms with Gasteiger partial charge in [0.15, 0.2) is 6.10 Å². The Morgan fingerprint density at radius 1 is 0.240 bits per heavy atom. The predicted octanol–water partition coefficient (Wildman–Crippen LogP) is 30.5. The molecule has 0 heterocycles. The number of hydrogen-bond acceptors (Lipinski definition) is 14. The van der Waals surface area contributed by atoms with Gasteiger partial charge in [0.05, 0.1) is 26.4 Å². The zero-order chi connectivity index (χ0) is 87.9. The average Bonchev–Trinajstić information content (AvgIpc) is 0.882. The number of unbranched alkanes of at least 4 members (excludes halogenated alkanes) is 43.